The highest BCUT2D eigenvalue weighted by atomic mass is 32.2. The molecule has 0 unspecified atom stereocenters. The number of hydrogen-bond acceptors (Lipinski definition) is 4. The van der Waals surface area contributed by atoms with Crippen LogP contribution in [0.1, 0.15) is 25.1 Å². The van der Waals surface area contributed by atoms with Gasteiger partial charge in [0.1, 0.15) is 6.33 Å². The minimum Gasteiger partial charge on any atom is -0.244 e. The van der Waals surface area contributed by atoms with Gasteiger partial charge >= 0.3 is 0 Å². The Hall–Kier alpha value is -1.01. The van der Waals surface area contributed by atoms with Gasteiger partial charge in [0.15, 0.2) is 0 Å². The summed E-state index contributed by atoms with van der Waals surface area (Å²) in [6.07, 6.45) is 3.14. The molecule has 0 spiro atoms. The zero-order valence-corrected chi connectivity index (χ0v) is 10.2. The summed E-state index contributed by atoms with van der Waals surface area (Å²) >= 11 is 0. The molecule has 1 aliphatic heterocycles. The summed E-state index contributed by atoms with van der Waals surface area (Å²) in [5.41, 5.74) is 1.73. The number of aromatic nitrogens is 2. The highest BCUT2D eigenvalue weighted by molar-refractivity contribution is 7.89. The summed E-state index contributed by atoms with van der Waals surface area (Å²) in [4.78, 5) is 7.99. The van der Waals surface area contributed by atoms with Gasteiger partial charge < -0.3 is 0 Å². The van der Waals surface area contributed by atoms with E-state index in [4.69, 9.17) is 0 Å². The number of nitrogens with zero attached hydrogens (tertiary/aromatic N) is 3. The van der Waals surface area contributed by atoms with Gasteiger partial charge in [0.05, 0.1) is 18.0 Å². The van der Waals surface area contributed by atoms with Gasteiger partial charge in [-0.2, -0.15) is 4.31 Å². The molecule has 88 valence electrons. The number of sulfonamides is 1. The van der Waals surface area contributed by atoms with Crippen LogP contribution in [-0.2, 0) is 23.1 Å². The Kier molecular flexibility index (Phi) is 2.94. The average Bonchev–Trinajstić information content (AvgIpc) is 2.59. The van der Waals surface area contributed by atoms with Crippen molar-refractivity contribution < 1.29 is 8.42 Å². The van der Waals surface area contributed by atoms with Crippen LogP contribution in [0.3, 0.4) is 0 Å². The fourth-order valence-corrected chi connectivity index (χ4v) is 3.50. The van der Waals surface area contributed by atoms with E-state index >= 15 is 0 Å². The first-order valence-electron chi connectivity index (χ1n) is 5.24. The monoisotopic (exact) mass is 241 g/mol. The molecule has 0 fully saturated rings. The molecule has 1 aliphatic rings. The Morgan fingerprint density at radius 2 is 2.19 bits per heavy atom. The fraction of sp³-hybridized carbons (Fsp3) is 0.600. The summed E-state index contributed by atoms with van der Waals surface area (Å²) in [5, 5.41) is 0. The van der Waals surface area contributed by atoms with Crippen molar-refractivity contribution in [2.45, 2.75) is 26.9 Å². The lowest BCUT2D eigenvalue weighted by molar-refractivity contribution is 0.424. The molecule has 0 aromatic carbocycles. The van der Waals surface area contributed by atoms with E-state index in [1.54, 1.807) is 6.20 Å². The Balaban J connectivity index is 2.17. The second kappa shape index (κ2) is 4.10. The first-order valence-corrected chi connectivity index (χ1v) is 6.85. The van der Waals surface area contributed by atoms with E-state index < -0.39 is 10.0 Å². The second-order valence-corrected chi connectivity index (χ2v) is 6.45. The van der Waals surface area contributed by atoms with Gasteiger partial charge in [-0.25, -0.2) is 18.4 Å². The predicted molar refractivity (Wildman–Crippen MR) is 59.9 cm³/mol. The molecule has 1 aromatic rings. The highest BCUT2D eigenvalue weighted by Gasteiger charge is 2.30. The van der Waals surface area contributed by atoms with Crippen LogP contribution in [0.15, 0.2) is 12.5 Å². The molecule has 16 heavy (non-hydrogen) atoms. The maximum Gasteiger partial charge on any atom is 0.215 e. The summed E-state index contributed by atoms with van der Waals surface area (Å²) < 4.78 is 25.5. The Bertz CT molecular complexity index is 460. The van der Waals surface area contributed by atoms with Crippen LogP contribution in [0.4, 0.5) is 0 Å². The molecule has 6 heteroatoms. The molecular formula is C10H15N3O2S. The van der Waals surface area contributed by atoms with Gasteiger partial charge in [0.25, 0.3) is 0 Å². The van der Waals surface area contributed by atoms with Crippen molar-refractivity contribution in [1.29, 1.82) is 0 Å². The summed E-state index contributed by atoms with van der Waals surface area (Å²) in [5.74, 6) is 0.328. The molecular weight excluding hydrogens is 226 g/mol. The zero-order chi connectivity index (χ0) is 11.8. The van der Waals surface area contributed by atoms with E-state index in [0.29, 0.717) is 13.1 Å². The molecule has 0 saturated carbocycles. The Labute approximate surface area is 95.6 Å². The number of rotatable bonds is 3. The van der Waals surface area contributed by atoms with Crippen LogP contribution < -0.4 is 0 Å². The second-order valence-electron chi connectivity index (χ2n) is 4.44. The molecule has 0 amide bonds. The lowest BCUT2D eigenvalue weighted by Gasteiger charge is -2.16. The normalized spacial score (nSPS) is 16.7. The average molecular weight is 241 g/mol. The van der Waals surface area contributed by atoms with Crippen molar-refractivity contribution in [3.8, 4) is 0 Å². The molecule has 0 saturated heterocycles. The minimum absolute atomic E-state index is 0.139. The molecule has 0 radical (unpaired) electrons. The van der Waals surface area contributed by atoms with Crippen molar-refractivity contribution in [3.63, 3.8) is 0 Å². The van der Waals surface area contributed by atoms with Gasteiger partial charge in [0, 0.05) is 18.3 Å². The standard InChI is InChI=1S/C10H15N3O2S/c1-8(2)6-16(14,15)13-4-9-3-11-7-12-10(9)5-13/h3,7-8H,4-6H2,1-2H3. The van der Waals surface area contributed by atoms with E-state index in [1.165, 1.54) is 10.6 Å². The van der Waals surface area contributed by atoms with E-state index in [-0.39, 0.29) is 11.7 Å². The molecule has 1 aromatic heterocycles. The molecule has 0 aliphatic carbocycles. The first-order chi connectivity index (χ1) is 7.49. The third-order valence-corrected chi connectivity index (χ3v) is 4.62. The van der Waals surface area contributed by atoms with Crippen LogP contribution >= 0.6 is 0 Å². The Morgan fingerprint density at radius 3 is 2.81 bits per heavy atom. The van der Waals surface area contributed by atoms with Crippen molar-refractivity contribution >= 4 is 10.0 Å². The van der Waals surface area contributed by atoms with Crippen LogP contribution in [0.25, 0.3) is 0 Å². The van der Waals surface area contributed by atoms with Crippen LogP contribution in [0, 0.1) is 5.92 Å². The van der Waals surface area contributed by atoms with E-state index in [1.807, 2.05) is 13.8 Å². The molecule has 5 nitrogen and oxygen atoms in total. The highest BCUT2D eigenvalue weighted by Crippen LogP contribution is 2.23. The quantitative estimate of drug-likeness (QED) is 0.784. The van der Waals surface area contributed by atoms with E-state index in [0.717, 1.165) is 11.3 Å². The maximum atomic E-state index is 12.0. The summed E-state index contributed by atoms with van der Waals surface area (Å²) in [6.45, 7) is 4.60. The van der Waals surface area contributed by atoms with Crippen LogP contribution in [-0.4, -0.2) is 28.4 Å². The first kappa shape index (κ1) is 11.5. The molecule has 0 atom stereocenters. The fourth-order valence-electron chi connectivity index (χ4n) is 1.79. The molecule has 0 N–H and O–H groups in total. The summed E-state index contributed by atoms with van der Waals surface area (Å²) in [7, 11) is -3.16. The van der Waals surface area contributed by atoms with Gasteiger partial charge in [-0.3, -0.25) is 0 Å². The number of hydrogen-bond donors (Lipinski definition) is 0. The van der Waals surface area contributed by atoms with Gasteiger partial charge in [-0.15, -0.1) is 0 Å². The van der Waals surface area contributed by atoms with E-state index in [2.05, 4.69) is 9.97 Å². The van der Waals surface area contributed by atoms with Crippen molar-refractivity contribution in [3.05, 3.63) is 23.8 Å². The van der Waals surface area contributed by atoms with Crippen LogP contribution in [0.5, 0.6) is 0 Å². The van der Waals surface area contributed by atoms with Crippen molar-refractivity contribution in [2.75, 3.05) is 5.75 Å². The zero-order valence-electron chi connectivity index (χ0n) is 9.42. The van der Waals surface area contributed by atoms with Gasteiger partial charge in [-0.05, 0) is 5.92 Å². The summed E-state index contributed by atoms with van der Waals surface area (Å²) in [6, 6.07) is 0. The minimum atomic E-state index is -3.16. The van der Waals surface area contributed by atoms with Crippen molar-refractivity contribution in [2.24, 2.45) is 5.92 Å². The third-order valence-electron chi connectivity index (χ3n) is 2.49. The maximum absolute atomic E-state index is 12.0. The molecule has 0 bridgehead atoms. The topological polar surface area (TPSA) is 63.2 Å². The number of fused-ring (bicyclic) bond motifs is 1. The lowest BCUT2D eigenvalue weighted by atomic mass is 10.3. The van der Waals surface area contributed by atoms with E-state index in [9.17, 15) is 8.42 Å². The Morgan fingerprint density at radius 1 is 1.44 bits per heavy atom. The largest absolute Gasteiger partial charge is 0.244 e. The van der Waals surface area contributed by atoms with Crippen LogP contribution in [0.2, 0.25) is 0 Å². The molecule has 2 rings (SSSR count). The van der Waals surface area contributed by atoms with Gasteiger partial charge in [-0.1, -0.05) is 13.8 Å². The smallest absolute Gasteiger partial charge is 0.215 e. The van der Waals surface area contributed by atoms with Crippen molar-refractivity contribution in [1.82, 2.24) is 14.3 Å². The molecule has 2 heterocycles. The lowest BCUT2D eigenvalue weighted by Crippen LogP contribution is -2.30. The third kappa shape index (κ3) is 2.22. The van der Waals surface area contributed by atoms with Gasteiger partial charge in [0.2, 0.25) is 10.0 Å². The predicted octanol–water partition coefficient (Wildman–Crippen LogP) is 0.778. The SMILES string of the molecule is CC(C)CS(=O)(=O)N1Cc2cncnc2C1.